The van der Waals surface area contributed by atoms with Gasteiger partial charge >= 0.3 is 0 Å². The number of nitrogens with two attached hydrogens (primary N) is 1. The maximum Gasteiger partial charge on any atom is 0.0191 e. The molecule has 0 amide bonds. The smallest absolute Gasteiger partial charge is 0.0191 e. The Hall–Kier alpha value is -0.170. The van der Waals surface area contributed by atoms with Crippen molar-refractivity contribution in [2.24, 2.45) is 5.73 Å². The Morgan fingerprint density at radius 3 is 2.60 bits per heavy atom. The van der Waals surface area contributed by atoms with Crippen molar-refractivity contribution in [3.8, 4) is 0 Å². The quantitative estimate of drug-likeness (QED) is 0.459. The SMILES string of the molecule is NCC=C=S. The first kappa shape index (κ1) is 4.83. The molecule has 0 saturated heterocycles. The molecule has 0 aromatic heterocycles. The predicted octanol–water partition coefficient (Wildman–Crippen LogP) is 0.0999. The Balaban J connectivity index is 2.93. The number of hydrogen-bond donors (Lipinski definition) is 1. The van der Waals surface area contributed by atoms with Gasteiger partial charge in [-0.25, -0.2) is 0 Å². The molecule has 0 bridgehead atoms. The van der Waals surface area contributed by atoms with E-state index in [-0.39, 0.29) is 0 Å². The second-order valence-corrected chi connectivity index (χ2v) is 0.793. The summed E-state index contributed by atoms with van der Waals surface area (Å²) in [5, 5.41) is 2.35. The van der Waals surface area contributed by atoms with Crippen LogP contribution < -0.4 is 5.73 Å². The zero-order valence-corrected chi connectivity index (χ0v) is 3.59. The van der Waals surface area contributed by atoms with E-state index in [9.17, 15) is 0 Å². The molecule has 0 radical (unpaired) electrons. The molecule has 0 aromatic rings. The third-order valence-electron chi connectivity index (χ3n) is 0.201. The van der Waals surface area contributed by atoms with Crippen molar-refractivity contribution in [2.45, 2.75) is 0 Å². The van der Waals surface area contributed by atoms with Crippen molar-refractivity contribution in [3.63, 3.8) is 0 Å². The van der Waals surface area contributed by atoms with E-state index in [4.69, 9.17) is 5.73 Å². The molecule has 0 aliphatic carbocycles. The van der Waals surface area contributed by atoms with Crippen molar-refractivity contribution in [2.75, 3.05) is 6.54 Å². The van der Waals surface area contributed by atoms with Crippen LogP contribution >= 0.6 is 12.2 Å². The molecule has 28 valence electrons. The highest BCUT2D eigenvalue weighted by molar-refractivity contribution is 7.78. The van der Waals surface area contributed by atoms with Crippen LogP contribution in [-0.4, -0.2) is 11.6 Å². The van der Waals surface area contributed by atoms with Gasteiger partial charge in [0.25, 0.3) is 0 Å². The fourth-order valence-corrected chi connectivity index (χ4v) is 0.144. The first-order valence-corrected chi connectivity index (χ1v) is 1.72. The highest BCUT2D eigenvalue weighted by Crippen LogP contribution is 1.44. The largest absolute Gasteiger partial charge is 0.326 e. The first-order chi connectivity index (χ1) is 2.41. The first-order valence-electron chi connectivity index (χ1n) is 1.31. The summed E-state index contributed by atoms with van der Waals surface area (Å²) in [7, 11) is 0. The molecule has 0 aliphatic heterocycles. The van der Waals surface area contributed by atoms with E-state index in [0.717, 1.165) is 0 Å². The van der Waals surface area contributed by atoms with Gasteiger partial charge in [0.15, 0.2) is 0 Å². The summed E-state index contributed by atoms with van der Waals surface area (Å²) in [5.41, 5.74) is 4.95. The highest BCUT2D eigenvalue weighted by Gasteiger charge is 1.49. The maximum atomic E-state index is 4.95. The van der Waals surface area contributed by atoms with Gasteiger partial charge in [-0.3, -0.25) is 0 Å². The number of thiocarbonyl (C=S) groups is 1. The zero-order chi connectivity index (χ0) is 4.12. The Labute approximate surface area is 36.5 Å². The zero-order valence-electron chi connectivity index (χ0n) is 2.77. The Kier molecular flexibility index (Phi) is 3.70. The third kappa shape index (κ3) is 3.83. The van der Waals surface area contributed by atoms with Crippen molar-refractivity contribution in [1.82, 2.24) is 0 Å². The molecule has 0 saturated carbocycles. The maximum absolute atomic E-state index is 4.95. The van der Waals surface area contributed by atoms with Crippen LogP contribution in [0, 0.1) is 0 Å². The second-order valence-electron chi connectivity index (χ2n) is 0.558. The van der Waals surface area contributed by atoms with E-state index in [1.165, 1.54) is 0 Å². The van der Waals surface area contributed by atoms with Gasteiger partial charge in [-0.2, -0.15) is 0 Å². The average Bonchev–Trinajstić information content (AvgIpc) is 1.41. The second kappa shape index (κ2) is 3.83. The van der Waals surface area contributed by atoms with Gasteiger partial charge in [-0.05, 0) is 23.3 Å². The molecule has 0 unspecified atom stereocenters. The van der Waals surface area contributed by atoms with Gasteiger partial charge in [0.1, 0.15) is 0 Å². The van der Waals surface area contributed by atoms with E-state index in [2.05, 4.69) is 17.2 Å². The lowest BCUT2D eigenvalue weighted by Gasteiger charge is -1.61. The van der Waals surface area contributed by atoms with Crippen LogP contribution in [-0.2, 0) is 0 Å². The molecule has 2 N–H and O–H groups in total. The summed E-state index contributed by atoms with van der Waals surface area (Å²) in [6.45, 7) is 0.503. The van der Waals surface area contributed by atoms with Gasteiger partial charge in [0, 0.05) is 6.54 Å². The molecule has 0 heterocycles. The van der Waals surface area contributed by atoms with Gasteiger partial charge in [-0.1, -0.05) is 0 Å². The fourth-order valence-electron chi connectivity index (χ4n) is 0.0481. The molecular formula is C3H5NS. The van der Waals surface area contributed by atoms with Crippen LogP contribution in [0.15, 0.2) is 6.08 Å². The predicted molar refractivity (Wildman–Crippen MR) is 26.2 cm³/mol. The van der Waals surface area contributed by atoms with Crippen molar-refractivity contribution >= 4 is 17.2 Å². The summed E-state index contributed by atoms with van der Waals surface area (Å²) >= 11 is 4.27. The Morgan fingerprint density at radius 1 is 2.00 bits per heavy atom. The monoisotopic (exact) mass is 87.0 g/mol. The van der Waals surface area contributed by atoms with Crippen LogP contribution in [0.3, 0.4) is 0 Å². The fraction of sp³-hybridized carbons (Fsp3) is 0.333. The molecule has 5 heavy (non-hydrogen) atoms. The lowest BCUT2D eigenvalue weighted by atomic mass is 10.7. The minimum Gasteiger partial charge on any atom is -0.326 e. The molecule has 1 nitrogen and oxygen atoms in total. The molecule has 0 rings (SSSR count). The average molecular weight is 87.1 g/mol. The minimum absolute atomic E-state index is 0.503. The summed E-state index contributed by atoms with van der Waals surface area (Å²) < 4.78 is 0. The topological polar surface area (TPSA) is 26.0 Å². The van der Waals surface area contributed by atoms with Crippen molar-refractivity contribution in [1.29, 1.82) is 0 Å². The standard InChI is InChI=1S/C3H5NS/c4-2-1-3-5/h1H,2,4H2. The number of rotatable bonds is 1. The van der Waals surface area contributed by atoms with Gasteiger partial charge in [0.05, 0.1) is 0 Å². The minimum atomic E-state index is 0.503. The molecule has 0 aromatic carbocycles. The molecule has 0 atom stereocenters. The third-order valence-corrected chi connectivity index (χ3v) is 0.368. The lowest BCUT2D eigenvalue weighted by Crippen LogP contribution is -1.91. The molecule has 2 heteroatoms. The Bertz CT molecular complexity index is 53.9. The summed E-state index contributed by atoms with van der Waals surface area (Å²) in [4.78, 5) is 0. The summed E-state index contributed by atoms with van der Waals surface area (Å²) in [6, 6.07) is 0. The Morgan fingerprint density at radius 2 is 2.60 bits per heavy atom. The molecule has 0 aliphatic rings. The van der Waals surface area contributed by atoms with Crippen LogP contribution in [0.2, 0.25) is 0 Å². The van der Waals surface area contributed by atoms with Crippen LogP contribution in [0.4, 0.5) is 0 Å². The van der Waals surface area contributed by atoms with E-state index in [0.29, 0.717) is 6.54 Å². The normalized spacial score (nSPS) is 5.80. The lowest BCUT2D eigenvalue weighted by molar-refractivity contribution is 1.27. The van der Waals surface area contributed by atoms with Gasteiger partial charge in [-0.15, -0.1) is 0 Å². The van der Waals surface area contributed by atoms with Gasteiger partial charge in [0.2, 0.25) is 0 Å². The summed E-state index contributed by atoms with van der Waals surface area (Å²) in [6.07, 6.45) is 1.59. The van der Waals surface area contributed by atoms with Crippen molar-refractivity contribution in [3.05, 3.63) is 6.08 Å². The van der Waals surface area contributed by atoms with Crippen molar-refractivity contribution < 1.29 is 0 Å². The van der Waals surface area contributed by atoms with Crippen LogP contribution in [0.25, 0.3) is 0 Å². The molecule has 0 fully saturated rings. The van der Waals surface area contributed by atoms with Crippen LogP contribution in [0.5, 0.6) is 0 Å². The van der Waals surface area contributed by atoms with E-state index in [1.807, 2.05) is 0 Å². The van der Waals surface area contributed by atoms with Gasteiger partial charge < -0.3 is 5.73 Å². The van der Waals surface area contributed by atoms with E-state index < -0.39 is 0 Å². The summed E-state index contributed by atoms with van der Waals surface area (Å²) in [5.74, 6) is 0. The molecular weight excluding hydrogens is 82.1 g/mol. The number of hydrogen-bond acceptors (Lipinski definition) is 2. The molecule has 0 spiro atoms. The van der Waals surface area contributed by atoms with Crippen LogP contribution in [0.1, 0.15) is 0 Å². The van der Waals surface area contributed by atoms with E-state index in [1.54, 1.807) is 6.08 Å². The highest BCUT2D eigenvalue weighted by atomic mass is 32.1. The van der Waals surface area contributed by atoms with E-state index >= 15 is 0 Å².